The van der Waals surface area contributed by atoms with Crippen LogP contribution in [0.4, 0.5) is 4.39 Å². The third-order valence-corrected chi connectivity index (χ3v) is 2.76. The largest absolute Gasteiger partial charge is 0.484 e. The maximum absolute atomic E-state index is 12.7. The maximum atomic E-state index is 12.7. The second kappa shape index (κ2) is 8.91. The smallest absolute Gasteiger partial charge is 0.326 e. The van der Waals surface area contributed by atoms with Crippen molar-refractivity contribution in [2.24, 2.45) is 5.73 Å². The fraction of sp³-hybridized carbons (Fsp3) is 0.429. The van der Waals surface area contributed by atoms with Gasteiger partial charge in [0.2, 0.25) is 0 Å². The molecule has 0 spiro atoms. The van der Waals surface area contributed by atoms with Gasteiger partial charge in [-0.15, -0.1) is 0 Å². The fourth-order valence-electron chi connectivity index (χ4n) is 1.67. The van der Waals surface area contributed by atoms with Crippen LogP contribution in [0.2, 0.25) is 0 Å². The molecule has 21 heavy (non-hydrogen) atoms. The van der Waals surface area contributed by atoms with E-state index in [1.807, 2.05) is 0 Å². The molecule has 0 saturated carbocycles. The summed E-state index contributed by atoms with van der Waals surface area (Å²) in [6.45, 7) is 0.153. The summed E-state index contributed by atoms with van der Waals surface area (Å²) in [5.74, 6) is -1.71. The predicted octanol–water partition coefficient (Wildman–Crippen LogP) is 0.903. The highest BCUT2D eigenvalue weighted by Crippen LogP contribution is 2.10. The number of carboxylic acid groups (broad SMARTS) is 1. The van der Waals surface area contributed by atoms with Crippen LogP contribution in [0.15, 0.2) is 24.3 Å². The van der Waals surface area contributed by atoms with E-state index in [-0.39, 0.29) is 6.61 Å². The van der Waals surface area contributed by atoms with Crippen LogP contribution in [0.3, 0.4) is 0 Å². The predicted molar refractivity (Wildman–Crippen MR) is 74.4 cm³/mol. The number of rotatable bonds is 9. The molecule has 0 unspecified atom stereocenters. The number of nitrogens with one attached hydrogen (secondary N) is 1. The topological polar surface area (TPSA) is 102 Å². The van der Waals surface area contributed by atoms with Crippen molar-refractivity contribution in [1.29, 1.82) is 0 Å². The molecular weight excluding hydrogens is 279 g/mol. The van der Waals surface area contributed by atoms with Gasteiger partial charge in [-0.1, -0.05) is 0 Å². The lowest BCUT2D eigenvalue weighted by Gasteiger charge is -2.14. The van der Waals surface area contributed by atoms with Crippen LogP contribution in [0, 0.1) is 5.82 Å². The van der Waals surface area contributed by atoms with E-state index in [4.69, 9.17) is 15.6 Å². The quantitative estimate of drug-likeness (QED) is 0.588. The minimum Gasteiger partial charge on any atom is -0.484 e. The van der Waals surface area contributed by atoms with Crippen molar-refractivity contribution in [3.8, 4) is 5.75 Å². The number of unbranched alkanes of at least 4 members (excludes halogenated alkanes) is 1. The lowest BCUT2D eigenvalue weighted by molar-refractivity contribution is -0.142. The first-order valence-corrected chi connectivity index (χ1v) is 6.63. The molecule has 0 bridgehead atoms. The van der Waals surface area contributed by atoms with Crippen LogP contribution in [0.1, 0.15) is 19.3 Å². The first-order chi connectivity index (χ1) is 10.0. The van der Waals surface area contributed by atoms with Crippen molar-refractivity contribution in [2.75, 3.05) is 13.2 Å². The van der Waals surface area contributed by atoms with Gasteiger partial charge in [0.15, 0.2) is 6.61 Å². The van der Waals surface area contributed by atoms with Gasteiger partial charge in [0.25, 0.3) is 5.91 Å². The number of carboxylic acids is 1. The number of nitrogens with two attached hydrogens (primary N) is 1. The Morgan fingerprint density at radius 1 is 1.29 bits per heavy atom. The second-order valence-corrected chi connectivity index (χ2v) is 4.49. The molecule has 0 aromatic heterocycles. The molecular formula is C14H19FN2O4. The number of ether oxygens (including phenoxy) is 1. The molecule has 116 valence electrons. The molecule has 0 fully saturated rings. The Morgan fingerprint density at radius 2 is 1.95 bits per heavy atom. The van der Waals surface area contributed by atoms with Gasteiger partial charge in [0, 0.05) is 0 Å². The van der Waals surface area contributed by atoms with Crippen molar-refractivity contribution in [3.05, 3.63) is 30.1 Å². The Bertz CT molecular complexity index is 465. The molecule has 6 nitrogen and oxygen atoms in total. The van der Waals surface area contributed by atoms with E-state index in [2.05, 4.69) is 5.32 Å². The highest BCUT2D eigenvalue weighted by molar-refractivity contribution is 5.84. The van der Waals surface area contributed by atoms with Crippen LogP contribution in [-0.2, 0) is 9.59 Å². The third kappa shape index (κ3) is 6.71. The average molecular weight is 298 g/mol. The summed E-state index contributed by atoms with van der Waals surface area (Å²) >= 11 is 0. The van der Waals surface area contributed by atoms with Gasteiger partial charge >= 0.3 is 5.97 Å². The van der Waals surface area contributed by atoms with Crippen LogP contribution >= 0.6 is 0 Å². The maximum Gasteiger partial charge on any atom is 0.326 e. The molecule has 1 atom stereocenters. The lowest BCUT2D eigenvalue weighted by atomic mass is 10.1. The van der Waals surface area contributed by atoms with Crippen molar-refractivity contribution < 1.29 is 23.8 Å². The summed E-state index contributed by atoms with van der Waals surface area (Å²) in [6.07, 6.45) is 1.63. The summed E-state index contributed by atoms with van der Waals surface area (Å²) in [7, 11) is 0. The molecule has 0 saturated heterocycles. The van der Waals surface area contributed by atoms with Gasteiger partial charge in [0.05, 0.1) is 0 Å². The van der Waals surface area contributed by atoms with Crippen molar-refractivity contribution in [3.63, 3.8) is 0 Å². The lowest BCUT2D eigenvalue weighted by Crippen LogP contribution is -2.43. The summed E-state index contributed by atoms with van der Waals surface area (Å²) in [4.78, 5) is 22.6. The van der Waals surface area contributed by atoms with Gasteiger partial charge in [-0.25, -0.2) is 9.18 Å². The Balaban J connectivity index is 2.39. The number of carbonyl (C=O) groups excluding carboxylic acids is 1. The zero-order valence-corrected chi connectivity index (χ0v) is 11.5. The van der Waals surface area contributed by atoms with Crippen LogP contribution in [0.5, 0.6) is 5.75 Å². The van der Waals surface area contributed by atoms with Gasteiger partial charge < -0.3 is 20.9 Å². The molecule has 0 heterocycles. The number of hydrogen-bond donors (Lipinski definition) is 3. The molecule has 1 amide bonds. The van der Waals surface area contributed by atoms with Gasteiger partial charge in [-0.2, -0.15) is 0 Å². The van der Waals surface area contributed by atoms with Crippen LogP contribution in [-0.4, -0.2) is 36.2 Å². The number of hydrogen-bond acceptors (Lipinski definition) is 4. The third-order valence-electron chi connectivity index (χ3n) is 2.76. The molecule has 0 aliphatic rings. The normalized spacial score (nSPS) is 11.7. The van der Waals surface area contributed by atoms with E-state index in [0.717, 1.165) is 0 Å². The molecule has 1 rings (SSSR count). The minimum atomic E-state index is -1.10. The summed E-state index contributed by atoms with van der Waals surface area (Å²) in [6, 6.07) is 4.23. The molecule has 4 N–H and O–H groups in total. The van der Waals surface area contributed by atoms with E-state index < -0.39 is 23.7 Å². The van der Waals surface area contributed by atoms with Crippen LogP contribution in [0.25, 0.3) is 0 Å². The Hall–Kier alpha value is -2.15. The van der Waals surface area contributed by atoms with E-state index >= 15 is 0 Å². The number of carbonyl (C=O) groups is 2. The standard InChI is InChI=1S/C14H19FN2O4/c15-10-4-6-11(7-5-10)21-9-13(18)17-12(14(19)20)3-1-2-8-16/h4-7,12H,1-3,8-9,16H2,(H,17,18)(H,19,20)/t12-/m0/s1. The molecule has 0 radical (unpaired) electrons. The molecule has 0 aliphatic carbocycles. The van der Waals surface area contributed by atoms with Gasteiger partial charge in [-0.05, 0) is 50.1 Å². The van der Waals surface area contributed by atoms with E-state index in [1.54, 1.807) is 0 Å². The summed E-state index contributed by atoms with van der Waals surface area (Å²) in [5.41, 5.74) is 5.33. The summed E-state index contributed by atoms with van der Waals surface area (Å²) in [5, 5.41) is 11.4. The van der Waals surface area contributed by atoms with Gasteiger partial charge in [-0.3, -0.25) is 4.79 Å². The molecule has 1 aromatic rings. The zero-order valence-electron chi connectivity index (χ0n) is 11.5. The Morgan fingerprint density at radius 3 is 2.52 bits per heavy atom. The van der Waals surface area contributed by atoms with Crippen molar-refractivity contribution >= 4 is 11.9 Å². The number of benzene rings is 1. The van der Waals surface area contributed by atoms with Crippen LogP contribution < -0.4 is 15.8 Å². The molecule has 1 aromatic carbocycles. The summed E-state index contributed by atoms with van der Waals surface area (Å²) < 4.78 is 17.8. The number of amides is 1. The van der Waals surface area contributed by atoms with Crippen molar-refractivity contribution in [2.45, 2.75) is 25.3 Å². The van der Waals surface area contributed by atoms with Crippen molar-refractivity contribution in [1.82, 2.24) is 5.32 Å². The Kier molecular flexibility index (Phi) is 7.17. The monoisotopic (exact) mass is 298 g/mol. The average Bonchev–Trinajstić information content (AvgIpc) is 2.45. The SMILES string of the molecule is NCCCC[C@H](NC(=O)COc1ccc(F)cc1)C(=O)O. The van der Waals surface area contributed by atoms with E-state index in [0.29, 0.717) is 31.6 Å². The van der Waals surface area contributed by atoms with Gasteiger partial charge in [0.1, 0.15) is 17.6 Å². The fourth-order valence-corrected chi connectivity index (χ4v) is 1.67. The first kappa shape index (κ1) is 16.9. The molecule has 7 heteroatoms. The first-order valence-electron chi connectivity index (χ1n) is 6.63. The van der Waals surface area contributed by atoms with E-state index in [1.165, 1.54) is 24.3 Å². The molecule has 0 aliphatic heterocycles. The highest BCUT2D eigenvalue weighted by Gasteiger charge is 2.19. The minimum absolute atomic E-state index is 0.314. The second-order valence-electron chi connectivity index (χ2n) is 4.49. The highest BCUT2D eigenvalue weighted by atomic mass is 19.1. The Labute approximate surface area is 122 Å². The zero-order chi connectivity index (χ0) is 15.7. The number of halogens is 1. The van der Waals surface area contributed by atoms with E-state index in [9.17, 15) is 14.0 Å². The number of aliphatic carboxylic acids is 1.